The molecule has 0 unspecified atom stereocenters. The van der Waals surface area contributed by atoms with Crippen LogP contribution >= 0.6 is 12.2 Å². The highest BCUT2D eigenvalue weighted by molar-refractivity contribution is 7.80. The smallest absolute Gasteiger partial charge is 0.226 e. The number of likely N-dealkylation sites (tertiary alicyclic amines) is 2. The second-order valence-electron chi connectivity index (χ2n) is 9.05. The molecule has 2 aromatic carbocycles. The summed E-state index contributed by atoms with van der Waals surface area (Å²) in [7, 11) is 3.34. The second-order valence-corrected chi connectivity index (χ2v) is 9.44. The lowest BCUT2D eigenvalue weighted by Crippen LogP contribution is -2.46. The molecule has 2 saturated heterocycles. The summed E-state index contributed by atoms with van der Waals surface area (Å²) >= 11 is 5.70. The van der Waals surface area contributed by atoms with E-state index in [1.807, 2.05) is 47.4 Å². The topological polar surface area (TPSA) is 54.0 Å². The van der Waals surface area contributed by atoms with Gasteiger partial charge in [0.15, 0.2) is 5.11 Å². The number of thiocarbonyl (C=S) groups is 1. The normalized spacial score (nSPS) is 17.2. The SMILES string of the molecule is COc1cccc(CC(=O)N2CCC3(CC2)CCN(C(=S)NCc2ccccc2OC)C3)c1. The third kappa shape index (κ3) is 5.58. The zero-order valence-corrected chi connectivity index (χ0v) is 20.3. The highest BCUT2D eigenvalue weighted by atomic mass is 32.1. The lowest BCUT2D eigenvalue weighted by molar-refractivity contribution is -0.132. The number of nitrogens with one attached hydrogen (secondary N) is 1. The molecule has 33 heavy (non-hydrogen) atoms. The van der Waals surface area contributed by atoms with E-state index in [2.05, 4.69) is 16.3 Å². The van der Waals surface area contributed by atoms with Crippen LogP contribution < -0.4 is 14.8 Å². The second kappa shape index (κ2) is 10.4. The van der Waals surface area contributed by atoms with Crippen molar-refractivity contribution >= 4 is 23.2 Å². The van der Waals surface area contributed by atoms with Crippen molar-refractivity contribution in [3.8, 4) is 11.5 Å². The number of nitrogens with zero attached hydrogens (tertiary/aromatic N) is 2. The highest BCUT2D eigenvalue weighted by Gasteiger charge is 2.42. The Hall–Kier alpha value is -2.80. The van der Waals surface area contributed by atoms with Crippen molar-refractivity contribution in [3.63, 3.8) is 0 Å². The molecule has 2 heterocycles. The van der Waals surface area contributed by atoms with Crippen LogP contribution in [0.25, 0.3) is 0 Å². The maximum absolute atomic E-state index is 12.8. The van der Waals surface area contributed by atoms with Crippen LogP contribution in [0.1, 0.15) is 30.4 Å². The van der Waals surface area contributed by atoms with Gasteiger partial charge >= 0.3 is 0 Å². The number of carbonyl (C=O) groups is 1. The monoisotopic (exact) mass is 467 g/mol. The van der Waals surface area contributed by atoms with E-state index >= 15 is 0 Å². The fourth-order valence-corrected chi connectivity index (χ4v) is 5.18. The van der Waals surface area contributed by atoms with Gasteiger partial charge in [0.25, 0.3) is 0 Å². The molecule has 0 bridgehead atoms. The van der Waals surface area contributed by atoms with Crippen molar-refractivity contribution < 1.29 is 14.3 Å². The van der Waals surface area contributed by atoms with Crippen molar-refractivity contribution in [2.75, 3.05) is 40.4 Å². The summed E-state index contributed by atoms with van der Waals surface area (Å²) < 4.78 is 10.7. The van der Waals surface area contributed by atoms with Gasteiger partial charge in [0.1, 0.15) is 11.5 Å². The van der Waals surface area contributed by atoms with E-state index < -0.39 is 0 Å². The van der Waals surface area contributed by atoms with Crippen LogP contribution in [0.15, 0.2) is 48.5 Å². The number of benzene rings is 2. The lowest BCUT2D eigenvalue weighted by Gasteiger charge is -2.39. The van der Waals surface area contributed by atoms with Crippen molar-refractivity contribution in [3.05, 3.63) is 59.7 Å². The summed E-state index contributed by atoms with van der Waals surface area (Å²) in [5.41, 5.74) is 2.35. The quantitative estimate of drug-likeness (QED) is 0.655. The van der Waals surface area contributed by atoms with E-state index in [0.29, 0.717) is 13.0 Å². The Kier molecular flexibility index (Phi) is 7.38. The molecule has 2 aliphatic rings. The Morgan fingerprint density at radius 3 is 2.45 bits per heavy atom. The van der Waals surface area contributed by atoms with Crippen LogP contribution in [0.3, 0.4) is 0 Å². The molecular formula is C26H33N3O3S. The van der Waals surface area contributed by atoms with E-state index in [9.17, 15) is 4.79 Å². The van der Waals surface area contributed by atoms with Crippen molar-refractivity contribution in [2.24, 2.45) is 5.41 Å². The Labute approximate surface area is 201 Å². The molecule has 4 rings (SSSR count). The summed E-state index contributed by atoms with van der Waals surface area (Å²) in [6.07, 6.45) is 3.61. The molecule has 1 spiro atoms. The summed E-state index contributed by atoms with van der Waals surface area (Å²) in [5.74, 6) is 1.86. The maximum Gasteiger partial charge on any atom is 0.226 e. The zero-order chi connectivity index (χ0) is 23.3. The molecule has 7 heteroatoms. The number of carbonyl (C=O) groups excluding carboxylic acids is 1. The molecule has 2 aliphatic heterocycles. The van der Waals surface area contributed by atoms with Crippen LogP contribution in [0.4, 0.5) is 0 Å². The van der Waals surface area contributed by atoms with Crippen molar-refractivity contribution in [1.29, 1.82) is 0 Å². The minimum Gasteiger partial charge on any atom is -0.497 e. The van der Waals surface area contributed by atoms with Crippen LogP contribution in [0, 0.1) is 5.41 Å². The molecule has 2 fully saturated rings. The first-order chi connectivity index (χ1) is 16.0. The Morgan fingerprint density at radius 1 is 1.00 bits per heavy atom. The average Bonchev–Trinajstić information content (AvgIpc) is 3.26. The van der Waals surface area contributed by atoms with E-state index in [1.165, 1.54) is 0 Å². The molecule has 0 aromatic heterocycles. The van der Waals surface area contributed by atoms with Gasteiger partial charge in [-0.15, -0.1) is 0 Å². The molecule has 0 radical (unpaired) electrons. The minimum absolute atomic E-state index is 0.196. The number of amides is 1. The summed E-state index contributed by atoms with van der Waals surface area (Å²) in [4.78, 5) is 17.2. The molecular weight excluding hydrogens is 434 g/mol. The first kappa shape index (κ1) is 23.4. The van der Waals surface area contributed by atoms with Gasteiger partial charge in [0.05, 0.1) is 20.6 Å². The van der Waals surface area contributed by atoms with Crippen molar-refractivity contribution in [2.45, 2.75) is 32.2 Å². The number of hydrogen-bond donors (Lipinski definition) is 1. The number of hydrogen-bond acceptors (Lipinski definition) is 4. The zero-order valence-electron chi connectivity index (χ0n) is 19.5. The number of ether oxygens (including phenoxy) is 2. The fourth-order valence-electron chi connectivity index (χ4n) is 4.95. The first-order valence-corrected chi connectivity index (χ1v) is 12.0. The van der Waals surface area contributed by atoms with Gasteiger partial charge in [-0.3, -0.25) is 4.79 Å². The summed E-state index contributed by atoms with van der Waals surface area (Å²) in [6, 6.07) is 15.8. The maximum atomic E-state index is 12.8. The third-order valence-corrected chi connectivity index (χ3v) is 7.42. The molecule has 176 valence electrons. The first-order valence-electron chi connectivity index (χ1n) is 11.6. The van der Waals surface area contributed by atoms with E-state index in [1.54, 1.807) is 14.2 Å². The minimum atomic E-state index is 0.196. The summed E-state index contributed by atoms with van der Waals surface area (Å²) in [5, 5.41) is 4.20. The van der Waals surface area contributed by atoms with Gasteiger partial charge in [-0.05, 0) is 60.7 Å². The van der Waals surface area contributed by atoms with Gasteiger partial charge in [-0.2, -0.15) is 0 Å². The lowest BCUT2D eigenvalue weighted by atomic mass is 9.77. The van der Waals surface area contributed by atoms with E-state index in [4.69, 9.17) is 21.7 Å². The fraction of sp³-hybridized carbons (Fsp3) is 0.462. The van der Waals surface area contributed by atoms with Crippen LogP contribution in [0.5, 0.6) is 11.5 Å². The van der Waals surface area contributed by atoms with Crippen molar-refractivity contribution in [1.82, 2.24) is 15.1 Å². The Bertz CT molecular complexity index is 988. The number of rotatable bonds is 6. The number of methoxy groups -OCH3 is 2. The molecule has 1 amide bonds. The molecule has 2 aromatic rings. The molecule has 1 N–H and O–H groups in total. The third-order valence-electron chi connectivity index (χ3n) is 7.01. The largest absolute Gasteiger partial charge is 0.497 e. The standard InChI is InChI=1S/C26H33N3O3S/c1-31-22-8-5-6-20(16-22)17-24(30)28-13-10-26(11-14-28)12-15-29(19-26)25(33)27-18-21-7-3-4-9-23(21)32-2/h3-9,16H,10-15,17-19H2,1-2H3,(H,27,33). The highest BCUT2D eigenvalue weighted by Crippen LogP contribution is 2.40. The van der Waals surface area contributed by atoms with Gasteiger partial charge in [-0.25, -0.2) is 0 Å². The number of piperidine rings is 1. The molecule has 6 nitrogen and oxygen atoms in total. The van der Waals surface area contributed by atoms with Crippen LogP contribution in [-0.4, -0.2) is 61.2 Å². The molecule has 0 aliphatic carbocycles. The van der Waals surface area contributed by atoms with Crippen LogP contribution in [0.2, 0.25) is 0 Å². The summed E-state index contributed by atoms with van der Waals surface area (Å²) in [6.45, 7) is 4.22. The number of para-hydroxylation sites is 1. The average molecular weight is 468 g/mol. The van der Waals surface area contributed by atoms with Gasteiger partial charge in [0.2, 0.25) is 5.91 Å². The van der Waals surface area contributed by atoms with Gasteiger partial charge < -0.3 is 24.6 Å². The molecule has 0 atom stereocenters. The predicted molar refractivity (Wildman–Crippen MR) is 134 cm³/mol. The van der Waals surface area contributed by atoms with E-state index in [0.717, 1.165) is 73.2 Å². The Morgan fingerprint density at radius 2 is 1.73 bits per heavy atom. The van der Waals surface area contributed by atoms with E-state index in [-0.39, 0.29) is 11.3 Å². The van der Waals surface area contributed by atoms with Gasteiger partial charge in [0, 0.05) is 38.3 Å². The van der Waals surface area contributed by atoms with Crippen LogP contribution in [-0.2, 0) is 17.8 Å². The Balaban J connectivity index is 1.26. The predicted octanol–water partition coefficient (Wildman–Crippen LogP) is 3.64. The molecule has 0 saturated carbocycles. The van der Waals surface area contributed by atoms with Gasteiger partial charge in [-0.1, -0.05) is 30.3 Å².